The van der Waals surface area contributed by atoms with Gasteiger partial charge in [0.15, 0.2) is 6.61 Å². The maximum atomic E-state index is 13.4. The zero-order valence-electron chi connectivity index (χ0n) is 15.6. The van der Waals surface area contributed by atoms with Crippen molar-refractivity contribution in [3.8, 4) is 12.3 Å². The smallest absolute Gasteiger partial charge is 0.365 e. The third-order valence-corrected chi connectivity index (χ3v) is 6.90. The summed E-state index contributed by atoms with van der Waals surface area (Å²) in [7, 11) is -2.12. The summed E-state index contributed by atoms with van der Waals surface area (Å²) < 4.78 is 17.8. The van der Waals surface area contributed by atoms with Gasteiger partial charge in [0.05, 0.1) is 0 Å². The molecule has 0 N–H and O–H groups in total. The lowest BCUT2D eigenvalue weighted by molar-refractivity contribution is -0.139. The van der Waals surface area contributed by atoms with E-state index in [1.54, 1.807) is 0 Å². The minimum absolute atomic E-state index is 0.154. The van der Waals surface area contributed by atoms with Gasteiger partial charge in [0.25, 0.3) is 0 Å². The molecule has 0 saturated heterocycles. The molecule has 0 amide bonds. The number of ether oxygens (including phenoxy) is 1. The molecule has 1 rings (SSSR count). The van der Waals surface area contributed by atoms with Crippen LogP contribution in [0.25, 0.3) is 0 Å². The highest BCUT2D eigenvalue weighted by molar-refractivity contribution is 7.49. The van der Waals surface area contributed by atoms with Crippen molar-refractivity contribution < 1.29 is 18.9 Å². The molecule has 0 bridgehead atoms. The first-order valence-corrected chi connectivity index (χ1v) is 9.84. The highest BCUT2D eigenvalue weighted by atomic mass is 31.1. The fraction of sp³-hybridized carbons (Fsp3) is 0.500. The largest absolute Gasteiger partial charge is 0.449 e. The van der Waals surface area contributed by atoms with E-state index in [9.17, 15) is 14.2 Å². The molecule has 0 radical (unpaired) electrons. The number of Topliss-reactive ketones (excluding diaryl/α,β-unsaturated/α-hetero) is 1. The minimum Gasteiger partial charge on any atom is -0.449 e. The lowest BCUT2D eigenvalue weighted by Gasteiger charge is -2.22. The summed E-state index contributed by atoms with van der Waals surface area (Å²) in [6.45, 7) is 9.26. The van der Waals surface area contributed by atoms with Crippen molar-refractivity contribution in [3.05, 3.63) is 34.4 Å². The highest BCUT2D eigenvalue weighted by Gasteiger charge is 2.54. The molecule has 0 fully saturated rings. The summed E-state index contributed by atoms with van der Waals surface area (Å²) in [5.74, 6) is 1.42. The molecule has 1 aromatic carbocycles. The van der Waals surface area contributed by atoms with Crippen LogP contribution in [0.5, 0.6) is 0 Å². The Labute approximate surface area is 151 Å². The normalized spacial score (nSPS) is 11.6. The van der Waals surface area contributed by atoms with Gasteiger partial charge in [0.1, 0.15) is 0 Å². The number of ketones is 1. The first-order valence-electron chi connectivity index (χ1n) is 8.40. The lowest BCUT2D eigenvalue weighted by atomic mass is 9.86. The third kappa shape index (κ3) is 4.55. The number of hydrogen-bond donors (Lipinski definition) is 0. The SMILES string of the molecule is C#CCOC(=O)C[P+](=O)C(CC)(CC)C(=O)c1c(C)cc(C)cc1C. The topological polar surface area (TPSA) is 60.4 Å². The molecule has 25 heavy (non-hydrogen) atoms. The van der Waals surface area contributed by atoms with Crippen LogP contribution >= 0.6 is 7.80 Å². The Kier molecular flexibility index (Phi) is 7.52. The minimum atomic E-state index is -2.12. The number of carbonyl (C=O) groups excluding carboxylic acids is 2. The molecule has 0 aliphatic carbocycles. The quantitative estimate of drug-likeness (QED) is 0.299. The van der Waals surface area contributed by atoms with Gasteiger partial charge < -0.3 is 4.74 Å². The van der Waals surface area contributed by atoms with Crippen LogP contribution in [0.4, 0.5) is 0 Å². The van der Waals surface area contributed by atoms with Crippen LogP contribution in [0.15, 0.2) is 12.1 Å². The predicted octanol–water partition coefficient (Wildman–Crippen LogP) is 4.36. The molecule has 4 nitrogen and oxygen atoms in total. The van der Waals surface area contributed by atoms with Crippen LogP contribution in [0.3, 0.4) is 0 Å². The number of rotatable bonds is 8. The molecule has 5 heteroatoms. The second kappa shape index (κ2) is 8.92. The van der Waals surface area contributed by atoms with E-state index in [-0.39, 0.29) is 18.6 Å². The van der Waals surface area contributed by atoms with Crippen molar-refractivity contribution in [3.63, 3.8) is 0 Å². The van der Waals surface area contributed by atoms with E-state index in [2.05, 4.69) is 5.92 Å². The molecule has 134 valence electrons. The van der Waals surface area contributed by atoms with Crippen LogP contribution < -0.4 is 0 Å². The number of aryl methyl sites for hydroxylation is 3. The number of esters is 1. The van der Waals surface area contributed by atoms with Gasteiger partial charge in [-0.1, -0.05) is 42.0 Å². The first kappa shape index (κ1) is 21.1. The second-order valence-electron chi connectivity index (χ2n) is 6.24. The predicted molar refractivity (Wildman–Crippen MR) is 101 cm³/mol. The molecule has 1 aromatic rings. The van der Waals surface area contributed by atoms with Crippen LogP contribution in [-0.2, 0) is 14.1 Å². The third-order valence-electron chi connectivity index (χ3n) is 4.56. The van der Waals surface area contributed by atoms with E-state index in [4.69, 9.17) is 11.2 Å². The van der Waals surface area contributed by atoms with E-state index in [0.717, 1.165) is 16.7 Å². The fourth-order valence-corrected chi connectivity index (χ4v) is 4.92. The Morgan fingerprint density at radius 3 is 2.12 bits per heavy atom. The highest BCUT2D eigenvalue weighted by Crippen LogP contribution is 2.47. The maximum Gasteiger partial charge on any atom is 0.365 e. The average Bonchev–Trinajstić information content (AvgIpc) is 2.53. The van der Waals surface area contributed by atoms with Crippen LogP contribution in [-0.4, -0.2) is 29.7 Å². The van der Waals surface area contributed by atoms with Gasteiger partial charge in [-0.25, -0.2) is 4.79 Å². The number of benzene rings is 1. The summed E-state index contributed by atoms with van der Waals surface area (Å²) in [6, 6.07) is 3.90. The molecule has 1 unspecified atom stereocenters. The lowest BCUT2D eigenvalue weighted by Crippen LogP contribution is -2.36. The summed E-state index contributed by atoms with van der Waals surface area (Å²) >= 11 is 0. The van der Waals surface area contributed by atoms with E-state index in [1.807, 2.05) is 46.8 Å². The Bertz CT molecular complexity index is 701. The van der Waals surface area contributed by atoms with Crippen molar-refractivity contribution in [1.82, 2.24) is 0 Å². The van der Waals surface area contributed by atoms with Gasteiger partial charge in [-0.3, -0.25) is 4.79 Å². The standard InChI is InChI=1S/C20H26O4P/c1-7-10-24-17(21)13-25(23)20(8-2,9-3)19(22)18-15(5)11-14(4)12-16(18)6/h1,11-12H,8-10,13H2,2-6H3/q+1. The van der Waals surface area contributed by atoms with Gasteiger partial charge in [0.2, 0.25) is 17.1 Å². The van der Waals surface area contributed by atoms with E-state index in [0.29, 0.717) is 18.4 Å². The number of carbonyl (C=O) groups is 2. The Balaban J connectivity index is 3.25. The number of hydrogen-bond acceptors (Lipinski definition) is 4. The Morgan fingerprint density at radius 1 is 1.16 bits per heavy atom. The average molecular weight is 361 g/mol. The van der Waals surface area contributed by atoms with E-state index in [1.165, 1.54) is 0 Å². The monoisotopic (exact) mass is 361 g/mol. The van der Waals surface area contributed by atoms with Crippen molar-refractivity contribution in [2.75, 3.05) is 12.8 Å². The molecular weight excluding hydrogens is 335 g/mol. The molecule has 0 aliphatic rings. The van der Waals surface area contributed by atoms with E-state index < -0.39 is 18.9 Å². The second-order valence-corrected chi connectivity index (χ2v) is 8.17. The first-order chi connectivity index (χ1) is 11.7. The molecule has 0 heterocycles. The fourth-order valence-electron chi connectivity index (χ4n) is 3.24. The van der Waals surface area contributed by atoms with Crippen LogP contribution in [0, 0.1) is 33.1 Å². The van der Waals surface area contributed by atoms with Crippen molar-refractivity contribution in [2.45, 2.75) is 52.6 Å². The van der Waals surface area contributed by atoms with E-state index >= 15 is 0 Å². The van der Waals surface area contributed by atoms with Crippen LogP contribution in [0.1, 0.15) is 53.7 Å². The van der Waals surface area contributed by atoms with Gasteiger partial charge in [-0.15, -0.1) is 6.42 Å². The van der Waals surface area contributed by atoms with Gasteiger partial charge in [-0.05, 0) is 31.9 Å². The molecule has 0 aromatic heterocycles. The van der Waals surface area contributed by atoms with Crippen molar-refractivity contribution >= 4 is 19.6 Å². The van der Waals surface area contributed by atoms with Crippen molar-refractivity contribution in [2.24, 2.45) is 0 Å². The summed E-state index contributed by atoms with van der Waals surface area (Å²) in [5, 5.41) is -1.07. The maximum absolute atomic E-state index is 13.4. The van der Waals surface area contributed by atoms with Gasteiger partial charge in [-0.2, -0.15) is 0 Å². The van der Waals surface area contributed by atoms with Gasteiger partial charge >= 0.3 is 13.8 Å². The Hall–Kier alpha value is -1.98. The summed E-state index contributed by atoms with van der Waals surface area (Å²) in [5.41, 5.74) is 3.42. The number of terminal acetylenes is 1. The zero-order chi connectivity index (χ0) is 19.2. The molecule has 0 aliphatic heterocycles. The van der Waals surface area contributed by atoms with Gasteiger partial charge in [0, 0.05) is 18.4 Å². The molecular formula is C20H26O4P+. The molecule has 1 atom stereocenters. The van der Waals surface area contributed by atoms with Crippen molar-refractivity contribution in [1.29, 1.82) is 0 Å². The summed E-state index contributed by atoms with van der Waals surface area (Å²) in [4.78, 5) is 25.2. The van der Waals surface area contributed by atoms with Crippen LogP contribution in [0.2, 0.25) is 0 Å². The molecule has 0 saturated carbocycles. The molecule has 0 spiro atoms. The summed E-state index contributed by atoms with van der Waals surface area (Å²) in [6.07, 6.45) is 5.56. The Morgan fingerprint density at radius 2 is 1.68 bits per heavy atom. The zero-order valence-corrected chi connectivity index (χ0v) is 16.5.